The van der Waals surface area contributed by atoms with Crippen LogP contribution < -0.4 is 15.9 Å². The molecule has 0 aliphatic carbocycles. The van der Waals surface area contributed by atoms with E-state index in [2.05, 4.69) is 121 Å². The summed E-state index contributed by atoms with van der Waals surface area (Å²) in [5.74, 6) is 0. The van der Waals surface area contributed by atoms with Crippen LogP contribution in [0, 0.1) is 0 Å². The highest BCUT2D eigenvalue weighted by Gasteiger charge is 2.30. The molecule has 44 heavy (non-hydrogen) atoms. The molecule has 0 amide bonds. The largest absolute Gasteiger partial charge is 0.309 e. The normalized spacial score (nSPS) is 11.3. The second-order valence-corrected chi connectivity index (χ2v) is 13.7. The van der Waals surface area contributed by atoms with Crippen molar-refractivity contribution in [2.45, 2.75) is 0 Å². The van der Waals surface area contributed by atoms with Crippen LogP contribution in [0.3, 0.4) is 0 Å². The second-order valence-electron chi connectivity index (χ2n) is 10.9. The van der Waals surface area contributed by atoms with Crippen LogP contribution in [-0.2, 0) is 4.57 Å². The molecule has 0 saturated heterocycles. The van der Waals surface area contributed by atoms with E-state index >= 15 is 4.57 Å². The Balaban J connectivity index is 1.33. The van der Waals surface area contributed by atoms with Gasteiger partial charge in [0, 0.05) is 15.9 Å². The zero-order chi connectivity index (χ0) is 29.8. The lowest BCUT2D eigenvalue weighted by Crippen LogP contribution is -2.25. The fraction of sp³-hybridized carbons (Fsp3) is 0. The molecule has 0 saturated carbocycles. The van der Waals surface area contributed by atoms with Crippen LogP contribution in [0.15, 0.2) is 188 Å². The van der Waals surface area contributed by atoms with Gasteiger partial charge in [-0.2, -0.15) is 0 Å². The Morgan fingerprint density at radius 1 is 0.250 bits per heavy atom. The highest BCUT2D eigenvalue weighted by molar-refractivity contribution is 7.85. The summed E-state index contributed by atoms with van der Waals surface area (Å²) in [5, 5.41) is 2.47. The molecule has 7 aromatic rings. The van der Waals surface area contributed by atoms with Gasteiger partial charge in [-0.05, 0) is 68.8 Å². The summed E-state index contributed by atoms with van der Waals surface area (Å²) in [5.41, 5.74) is 8.95. The van der Waals surface area contributed by atoms with Crippen LogP contribution in [0.4, 0.5) is 0 Å². The van der Waals surface area contributed by atoms with Crippen molar-refractivity contribution in [1.29, 1.82) is 0 Å². The van der Waals surface area contributed by atoms with Crippen molar-refractivity contribution in [1.82, 2.24) is 0 Å². The van der Waals surface area contributed by atoms with Crippen LogP contribution in [0.1, 0.15) is 0 Å². The van der Waals surface area contributed by atoms with E-state index < -0.39 is 7.14 Å². The minimum atomic E-state index is -3.21. The molecule has 7 aromatic carbocycles. The van der Waals surface area contributed by atoms with Gasteiger partial charge in [0.25, 0.3) is 0 Å². The first kappa shape index (κ1) is 27.6. The van der Waals surface area contributed by atoms with Gasteiger partial charge < -0.3 is 4.57 Å². The summed E-state index contributed by atoms with van der Waals surface area (Å²) in [4.78, 5) is 0. The van der Waals surface area contributed by atoms with Crippen molar-refractivity contribution in [3.63, 3.8) is 0 Å². The molecule has 7 rings (SSSR count). The Bertz CT molecular complexity index is 1950. The van der Waals surface area contributed by atoms with Crippen molar-refractivity contribution in [2.24, 2.45) is 0 Å². The molecular weight excluding hydrogens is 551 g/mol. The second kappa shape index (κ2) is 12.2. The third-order valence-corrected chi connectivity index (χ3v) is 11.2. The molecule has 0 atom stereocenters. The molecule has 0 aliphatic rings. The van der Waals surface area contributed by atoms with Gasteiger partial charge >= 0.3 is 0 Å². The lowest BCUT2D eigenvalue weighted by atomic mass is 9.99. The minimum absolute atomic E-state index is 0.821. The summed E-state index contributed by atoms with van der Waals surface area (Å²) in [6.07, 6.45) is 0. The van der Waals surface area contributed by atoms with Crippen LogP contribution in [-0.4, -0.2) is 0 Å². The van der Waals surface area contributed by atoms with Crippen molar-refractivity contribution in [2.75, 3.05) is 0 Å². The van der Waals surface area contributed by atoms with Crippen molar-refractivity contribution < 1.29 is 4.57 Å². The molecule has 0 unspecified atom stereocenters. The van der Waals surface area contributed by atoms with Gasteiger partial charge in [0.15, 0.2) is 7.14 Å². The Morgan fingerprint density at radius 3 is 0.932 bits per heavy atom. The van der Waals surface area contributed by atoms with E-state index in [1.165, 1.54) is 11.1 Å². The average molecular weight is 583 g/mol. The highest BCUT2D eigenvalue weighted by atomic mass is 31.2. The Kier molecular flexibility index (Phi) is 7.63. The summed E-state index contributed by atoms with van der Waals surface area (Å²) in [6, 6.07) is 64.4. The van der Waals surface area contributed by atoms with Crippen LogP contribution >= 0.6 is 7.14 Å². The zero-order valence-corrected chi connectivity index (χ0v) is 25.1. The van der Waals surface area contributed by atoms with Crippen LogP contribution in [0.25, 0.3) is 44.5 Å². The molecule has 0 fully saturated rings. The van der Waals surface area contributed by atoms with Crippen molar-refractivity contribution >= 4 is 23.1 Å². The minimum Gasteiger partial charge on any atom is -0.309 e. The first-order chi connectivity index (χ1) is 21.7. The van der Waals surface area contributed by atoms with E-state index in [0.29, 0.717) is 0 Å². The standard InChI is InChI=1S/C42H31OP/c43-44(40-24-8-3-9-25-40,41-26-12-22-38(30-41)36-20-10-18-34(28-36)32-14-4-1-5-15-32)42-27-13-23-39(31-42)37-21-11-19-35(29-37)33-16-6-2-7-17-33/h1-31H. The van der Waals surface area contributed by atoms with Gasteiger partial charge in [0.05, 0.1) is 0 Å². The molecule has 0 bridgehead atoms. The number of rotatable bonds is 7. The van der Waals surface area contributed by atoms with Crippen LogP contribution in [0.5, 0.6) is 0 Å². The van der Waals surface area contributed by atoms with Crippen molar-refractivity contribution in [3.05, 3.63) is 188 Å². The first-order valence-electron chi connectivity index (χ1n) is 14.9. The lowest BCUT2D eigenvalue weighted by Gasteiger charge is -2.21. The van der Waals surface area contributed by atoms with Gasteiger partial charge in [-0.1, -0.05) is 164 Å². The van der Waals surface area contributed by atoms with Gasteiger partial charge in [-0.25, -0.2) is 0 Å². The number of hydrogen-bond acceptors (Lipinski definition) is 1. The Hall–Kier alpha value is -5.23. The summed E-state index contributed by atoms with van der Waals surface area (Å²) < 4.78 is 15.6. The van der Waals surface area contributed by atoms with E-state index in [-0.39, 0.29) is 0 Å². The predicted molar refractivity (Wildman–Crippen MR) is 188 cm³/mol. The summed E-state index contributed by atoms with van der Waals surface area (Å²) >= 11 is 0. The third-order valence-electron chi connectivity index (χ3n) is 8.15. The maximum atomic E-state index is 15.6. The fourth-order valence-corrected chi connectivity index (χ4v) is 8.59. The van der Waals surface area contributed by atoms with E-state index in [9.17, 15) is 0 Å². The maximum Gasteiger partial charge on any atom is 0.171 e. The molecule has 2 heteroatoms. The Morgan fingerprint density at radius 2 is 0.523 bits per heavy atom. The van der Waals surface area contributed by atoms with E-state index in [1.54, 1.807) is 0 Å². The average Bonchev–Trinajstić information content (AvgIpc) is 3.12. The van der Waals surface area contributed by atoms with Gasteiger partial charge in [-0.15, -0.1) is 0 Å². The van der Waals surface area contributed by atoms with E-state index in [1.807, 2.05) is 66.7 Å². The smallest absolute Gasteiger partial charge is 0.171 e. The molecule has 0 spiro atoms. The highest BCUT2D eigenvalue weighted by Crippen LogP contribution is 2.44. The van der Waals surface area contributed by atoms with Gasteiger partial charge in [0.1, 0.15) is 0 Å². The number of benzene rings is 7. The monoisotopic (exact) mass is 582 g/mol. The summed E-state index contributed by atoms with van der Waals surface area (Å²) in [7, 11) is -3.21. The van der Waals surface area contributed by atoms with E-state index in [4.69, 9.17) is 0 Å². The topological polar surface area (TPSA) is 17.1 Å². The molecule has 0 N–H and O–H groups in total. The lowest BCUT2D eigenvalue weighted by molar-refractivity contribution is 0.592. The molecule has 1 nitrogen and oxygen atoms in total. The zero-order valence-electron chi connectivity index (χ0n) is 24.3. The summed E-state index contributed by atoms with van der Waals surface area (Å²) in [6.45, 7) is 0. The van der Waals surface area contributed by atoms with Gasteiger partial charge in [-0.3, -0.25) is 0 Å². The molecule has 210 valence electrons. The Labute approximate surface area is 259 Å². The fourth-order valence-electron chi connectivity index (χ4n) is 5.87. The maximum absolute atomic E-state index is 15.6. The molecule has 0 aliphatic heterocycles. The third kappa shape index (κ3) is 5.47. The molecular formula is C42H31OP. The quantitative estimate of drug-likeness (QED) is 0.171. The first-order valence-corrected chi connectivity index (χ1v) is 16.6. The van der Waals surface area contributed by atoms with Crippen molar-refractivity contribution in [3.8, 4) is 44.5 Å². The van der Waals surface area contributed by atoms with Crippen LogP contribution in [0.2, 0.25) is 0 Å². The molecule has 0 aromatic heterocycles. The number of hydrogen-bond donors (Lipinski definition) is 0. The molecule has 0 radical (unpaired) electrons. The SMILES string of the molecule is O=P(c1ccccc1)(c1cccc(-c2cccc(-c3ccccc3)c2)c1)c1cccc(-c2cccc(-c3ccccc3)c2)c1. The molecule has 0 heterocycles. The van der Waals surface area contributed by atoms with E-state index in [0.717, 1.165) is 49.3 Å². The van der Waals surface area contributed by atoms with Gasteiger partial charge in [0.2, 0.25) is 0 Å². The predicted octanol–water partition coefficient (Wildman–Crippen LogP) is 9.99.